The van der Waals surface area contributed by atoms with Crippen LogP contribution in [0.5, 0.6) is 0 Å². The first-order valence-corrected chi connectivity index (χ1v) is 11.0. The Morgan fingerprint density at radius 2 is 1.70 bits per heavy atom. The SMILES string of the molecule is CC(C)=C(C(=O)OCc1ccccc1)N1C(=O)C(NC(=O)COC(=O)OCC(Cl)(Cl)Cl)C1Cl. The second-order valence-electron chi connectivity index (χ2n) is 6.98. The Hall–Kier alpha value is -2.20. The van der Waals surface area contributed by atoms with Crippen LogP contribution in [0.25, 0.3) is 0 Å². The van der Waals surface area contributed by atoms with Gasteiger partial charge in [0.15, 0.2) is 6.61 Å². The number of ether oxygens (including phenoxy) is 3. The first kappa shape index (κ1) is 27.0. The van der Waals surface area contributed by atoms with Gasteiger partial charge >= 0.3 is 12.1 Å². The summed E-state index contributed by atoms with van der Waals surface area (Å²) in [6.07, 6.45) is -1.24. The Kier molecular flexibility index (Phi) is 9.66. The second kappa shape index (κ2) is 11.8. The zero-order chi connectivity index (χ0) is 24.8. The van der Waals surface area contributed by atoms with Crippen LogP contribution in [0.3, 0.4) is 0 Å². The average molecular weight is 542 g/mol. The van der Waals surface area contributed by atoms with Crippen molar-refractivity contribution < 1.29 is 33.4 Å². The molecule has 1 N–H and O–H groups in total. The minimum atomic E-state index is -1.83. The van der Waals surface area contributed by atoms with Crippen LogP contribution >= 0.6 is 46.4 Å². The van der Waals surface area contributed by atoms with E-state index in [1.54, 1.807) is 38.1 Å². The van der Waals surface area contributed by atoms with Gasteiger partial charge in [-0.2, -0.15) is 0 Å². The number of hydrogen-bond acceptors (Lipinski definition) is 7. The number of allylic oxidation sites excluding steroid dienone is 1. The highest BCUT2D eigenvalue weighted by atomic mass is 35.6. The van der Waals surface area contributed by atoms with E-state index in [4.69, 9.17) is 51.1 Å². The Labute approximate surface area is 209 Å². The number of carbonyl (C=O) groups is 4. The summed E-state index contributed by atoms with van der Waals surface area (Å²) in [5.74, 6) is -2.19. The highest BCUT2D eigenvalue weighted by Gasteiger charge is 2.51. The molecule has 2 rings (SSSR count). The van der Waals surface area contributed by atoms with E-state index in [9.17, 15) is 19.2 Å². The summed E-state index contributed by atoms with van der Waals surface area (Å²) < 4.78 is 12.5. The predicted molar refractivity (Wildman–Crippen MR) is 121 cm³/mol. The first-order valence-electron chi connectivity index (χ1n) is 9.42. The fraction of sp³-hybridized carbons (Fsp3) is 0.400. The number of esters is 1. The highest BCUT2D eigenvalue weighted by Crippen LogP contribution is 2.31. The van der Waals surface area contributed by atoms with E-state index < -0.39 is 52.5 Å². The second-order valence-corrected chi connectivity index (χ2v) is 9.94. The van der Waals surface area contributed by atoms with Crippen LogP contribution in [0.1, 0.15) is 19.4 Å². The number of carbonyl (C=O) groups excluding carboxylic acids is 4. The molecule has 0 radical (unpaired) electrons. The maximum Gasteiger partial charge on any atom is 0.508 e. The number of benzene rings is 1. The molecule has 2 amide bonds. The molecule has 1 heterocycles. The van der Waals surface area contributed by atoms with E-state index >= 15 is 0 Å². The van der Waals surface area contributed by atoms with Gasteiger partial charge in [0.05, 0.1) is 0 Å². The number of nitrogens with one attached hydrogen (secondary N) is 1. The molecule has 0 aliphatic carbocycles. The molecule has 2 atom stereocenters. The van der Waals surface area contributed by atoms with Gasteiger partial charge in [-0.25, -0.2) is 9.59 Å². The zero-order valence-electron chi connectivity index (χ0n) is 17.5. The molecule has 180 valence electrons. The van der Waals surface area contributed by atoms with Crippen LogP contribution in [0, 0.1) is 0 Å². The molecule has 2 unspecified atom stereocenters. The van der Waals surface area contributed by atoms with Gasteiger partial charge in [0.1, 0.15) is 30.5 Å². The topological polar surface area (TPSA) is 111 Å². The van der Waals surface area contributed by atoms with E-state index in [1.165, 1.54) is 0 Å². The molecule has 1 saturated heterocycles. The maximum absolute atomic E-state index is 12.6. The number of amides is 2. The minimum Gasteiger partial charge on any atom is -0.456 e. The fourth-order valence-corrected chi connectivity index (χ4v) is 3.21. The van der Waals surface area contributed by atoms with Crippen LogP contribution < -0.4 is 5.32 Å². The molecule has 1 fully saturated rings. The van der Waals surface area contributed by atoms with Crippen molar-refractivity contribution in [1.29, 1.82) is 0 Å². The molecule has 13 heteroatoms. The molecular formula is C20H20Cl4N2O7. The third-order valence-electron chi connectivity index (χ3n) is 4.14. The summed E-state index contributed by atoms with van der Waals surface area (Å²) in [6.45, 7) is 1.92. The van der Waals surface area contributed by atoms with E-state index in [1.807, 2.05) is 6.07 Å². The van der Waals surface area contributed by atoms with Gasteiger partial charge in [0.25, 0.3) is 11.8 Å². The summed E-state index contributed by atoms with van der Waals surface area (Å²) in [5, 5.41) is 2.32. The van der Waals surface area contributed by atoms with Crippen LogP contribution in [0.2, 0.25) is 0 Å². The van der Waals surface area contributed by atoms with Gasteiger partial charge in [0, 0.05) is 0 Å². The van der Waals surface area contributed by atoms with E-state index in [2.05, 4.69) is 14.8 Å². The zero-order valence-corrected chi connectivity index (χ0v) is 20.5. The van der Waals surface area contributed by atoms with Crippen molar-refractivity contribution >= 4 is 70.3 Å². The standard InChI is InChI=1S/C20H20Cl4N2O7/c1-11(2)15(18(29)31-8-12-6-4-3-5-7-12)26-16(21)14(17(26)28)25-13(27)9-32-19(30)33-10-20(22,23)24/h3-7,14,16H,8-10H2,1-2H3,(H,25,27). The molecule has 0 aromatic heterocycles. The van der Waals surface area contributed by atoms with Crippen molar-refractivity contribution in [3.8, 4) is 0 Å². The number of halogens is 4. The lowest BCUT2D eigenvalue weighted by molar-refractivity contribution is -0.153. The van der Waals surface area contributed by atoms with Crippen LogP contribution in [-0.2, 0) is 35.2 Å². The van der Waals surface area contributed by atoms with Crippen molar-refractivity contribution in [3.63, 3.8) is 0 Å². The smallest absolute Gasteiger partial charge is 0.456 e. The number of hydrogen-bond donors (Lipinski definition) is 1. The fourth-order valence-electron chi connectivity index (χ4n) is 2.68. The van der Waals surface area contributed by atoms with Crippen molar-refractivity contribution in [2.45, 2.75) is 35.8 Å². The average Bonchev–Trinajstić information content (AvgIpc) is 2.76. The van der Waals surface area contributed by atoms with Gasteiger partial charge in [-0.3, -0.25) is 14.5 Å². The largest absolute Gasteiger partial charge is 0.508 e. The summed E-state index contributed by atoms with van der Waals surface area (Å²) >= 11 is 22.5. The number of rotatable bonds is 8. The summed E-state index contributed by atoms with van der Waals surface area (Å²) in [6, 6.07) is 7.87. The molecule has 33 heavy (non-hydrogen) atoms. The lowest BCUT2D eigenvalue weighted by Crippen LogP contribution is -2.69. The van der Waals surface area contributed by atoms with Gasteiger partial charge in [0.2, 0.25) is 3.79 Å². The lowest BCUT2D eigenvalue weighted by Gasteiger charge is -2.44. The maximum atomic E-state index is 12.6. The quantitative estimate of drug-likeness (QED) is 0.176. The van der Waals surface area contributed by atoms with Gasteiger partial charge in [-0.1, -0.05) is 76.7 Å². The molecule has 9 nitrogen and oxygen atoms in total. The molecule has 0 spiro atoms. The Morgan fingerprint density at radius 3 is 2.24 bits per heavy atom. The van der Waals surface area contributed by atoms with E-state index in [0.717, 1.165) is 10.5 Å². The predicted octanol–water partition coefficient (Wildman–Crippen LogP) is 3.44. The number of likely N-dealkylation sites (tertiary alicyclic amines) is 1. The van der Waals surface area contributed by atoms with Crippen LogP contribution in [0.15, 0.2) is 41.6 Å². The van der Waals surface area contributed by atoms with Gasteiger partial charge < -0.3 is 19.5 Å². The van der Waals surface area contributed by atoms with Crippen LogP contribution in [0.4, 0.5) is 4.79 Å². The van der Waals surface area contributed by atoms with E-state index in [0.29, 0.717) is 5.57 Å². The van der Waals surface area contributed by atoms with Crippen molar-refractivity contribution in [1.82, 2.24) is 10.2 Å². The van der Waals surface area contributed by atoms with Crippen molar-refractivity contribution in [2.24, 2.45) is 0 Å². The van der Waals surface area contributed by atoms with E-state index in [-0.39, 0.29) is 12.3 Å². The first-order chi connectivity index (χ1) is 15.4. The van der Waals surface area contributed by atoms with Crippen molar-refractivity contribution in [2.75, 3.05) is 13.2 Å². The molecule has 1 aliphatic rings. The Morgan fingerprint density at radius 1 is 1.06 bits per heavy atom. The number of β-lactam (4-membered cyclic amide) rings is 1. The molecule has 1 aromatic carbocycles. The van der Waals surface area contributed by atoms with Gasteiger partial charge in [-0.05, 0) is 25.0 Å². The number of nitrogens with zero attached hydrogens (tertiary/aromatic N) is 1. The van der Waals surface area contributed by atoms with Gasteiger partial charge in [-0.15, -0.1) is 0 Å². The molecule has 1 aromatic rings. The number of alkyl halides is 4. The summed E-state index contributed by atoms with van der Waals surface area (Å²) in [5.41, 5.74) is 0.186. The molecule has 0 saturated carbocycles. The Balaban J connectivity index is 1.89. The summed E-state index contributed by atoms with van der Waals surface area (Å²) in [7, 11) is 0. The van der Waals surface area contributed by atoms with Crippen LogP contribution in [-0.4, -0.2) is 57.4 Å². The normalized spacial score (nSPS) is 17.5. The third kappa shape index (κ3) is 7.96. The minimum absolute atomic E-state index is 0.0112. The Bertz CT molecular complexity index is 930. The monoisotopic (exact) mass is 540 g/mol. The summed E-state index contributed by atoms with van der Waals surface area (Å²) in [4.78, 5) is 49.6. The molecular weight excluding hydrogens is 522 g/mol. The molecule has 0 bridgehead atoms. The third-order valence-corrected chi connectivity index (χ3v) is 4.91. The molecule has 1 aliphatic heterocycles. The highest BCUT2D eigenvalue weighted by molar-refractivity contribution is 6.67. The van der Waals surface area contributed by atoms with Crippen molar-refractivity contribution in [3.05, 3.63) is 47.2 Å². The lowest BCUT2D eigenvalue weighted by atomic mass is 10.0.